The third kappa shape index (κ3) is 1.71. The Morgan fingerprint density at radius 1 is 1.55 bits per heavy atom. The summed E-state index contributed by atoms with van der Waals surface area (Å²) in [7, 11) is 3.68. The Hall–Kier alpha value is -1.03. The molecule has 11 heavy (non-hydrogen) atoms. The van der Waals surface area contributed by atoms with Crippen molar-refractivity contribution in [3.63, 3.8) is 0 Å². The van der Waals surface area contributed by atoms with Gasteiger partial charge in [0.05, 0.1) is 11.9 Å². The molecule has 0 aliphatic rings. The summed E-state index contributed by atoms with van der Waals surface area (Å²) in [6.45, 7) is 0. The van der Waals surface area contributed by atoms with E-state index in [-0.39, 0.29) is 5.28 Å². The molecular formula is C6H9ClN4. The fourth-order valence-electron chi connectivity index (χ4n) is 0.720. The van der Waals surface area contributed by atoms with Gasteiger partial charge in [0.25, 0.3) is 0 Å². The van der Waals surface area contributed by atoms with Crippen molar-refractivity contribution in [3.05, 3.63) is 11.5 Å². The van der Waals surface area contributed by atoms with Crippen LogP contribution in [0.2, 0.25) is 5.28 Å². The number of halogens is 1. The highest BCUT2D eigenvalue weighted by atomic mass is 35.5. The van der Waals surface area contributed by atoms with Gasteiger partial charge in [0.15, 0.2) is 5.82 Å². The summed E-state index contributed by atoms with van der Waals surface area (Å²) in [5.41, 5.74) is 6.09. The average molecular weight is 173 g/mol. The van der Waals surface area contributed by atoms with Crippen molar-refractivity contribution in [1.82, 2.24) is 9.97 Å². The number of rotatable bonds is 1. The molecule has 0 bridgehead atoms. The molecule has 0 fully saturated rings. The van der Waals surface area contributed by atoms with Crippen LogP contribution in [0, 0.1) is 0 Å². The lowest BCUT2D eigenvalue weighted by atomic mass is 10.5. The highest BCUT2D eigenvalue weighted by Gasteiger charge is 2.03. The molecule has 0 unspecified atom stereocenters. The molecular weight excluding hydrogens is 164 g/mol. The van der Waals surface area contributed by atoms with Crippen LogP contribution in [-0.2, 0) is 0 Å². The lowest BCUT2D eigenvalue weighted by Crippen LogP contribution is -2.13. The van der Waals surface area contributed by atoms with E-state index in [1.54, 1.807) is 4.90 Å². The molecule has 5 heteroatoms. The van der Waals surface area contributed by atoms with Gasteiger partial charge >= 0.3 is 0 Å². The highest BCUT2D eigenvalue weighted by molar-refractivity contribution is 6.28. The standard InChI is InChI=1S/C6H9ClN4/c1-11(2)5-4(8)3-9-6(7)10-5/h3H,8H2,1-2H3. The van der Waals surface area contributed by atoms with E-state index in [1.807, 2.05) is 14.1 Å². The second-order valence-electron chi connectivity index (χ2n) is 2.31. The number of aromatic nitrogens is 2. The van der Waals surface area contributed by atoms with Crippen LogP contribution >= 0.6 is 11.6 Å². The minimum atomic E-state index is 0.211. The SMILES string of the molecule is CN(C)c1nc(Cl)ncc1N. The number of hydrogen-bond donors (Lipinski definition) is 1. The fourth-order valence-corrected chi connectivity index (χ4v) is 0.848. The minimum Gasteiger partial charge on any atom is -0.394 e. The average Bonchev–Trinajstić information content (AvgIpc) is 1.94. The van der Waals surface area contributed by atoms with E-state index < -0.39 is 0 Å². The molecule has 1 rings (SSSR count). The molecule has 0 aliphatic carbocycles. The maximum absolute atomic E-state index is 5.57. The first kappa shape index (κ1) is 8.07. The van der Waals surface area contributed by atoms with Crippen molar-refractivity contribution in [1.29, 1.82) is 0 Å². The van der Waals surface area contributed by atoms with Crippen molar-refractivity contribution in [2.75, 3.05) is 24.7 Å². The first-order chi connectivity index (χ1) is 5.11. The zero-order valence-corrected chi connectivity index (χ0v) is 7.13. The predicted octanol–water partition coefficient (Wildman–Crippen LogP) is 0.778. The van der Waals surface area contributed by atoms with Crippen LogP contribution in [0.5, 0.6) is 0 Å². The molecule has 2 N–H and O–H groups in total. The maximum atomic E-state index is 5.57. The van der Waals surface area contributed by atoms with E-state index in [1.165, 1.54) is 6.20 Å². The molecule has 0 aliphatic heterocycles. The van der Waals surface area contributed by atoms with Crippen molar-refractivity contribution >= 4 is 23.1 Å². The van der Waals surface area contributed by atoms with Gasteiger partial charge < -0.3 is 10.6 Å². The predicted molar refractivity (Wildman–Crippen MR) is 45.8 cm³/mol. The maximum Gasteiger partial charge on any atom is 0.224 e. The number of anilines is 2. The Bertz CT molecular complexity index is 261. The third-order valence-electron chi connectivity index (χ3n) is 1.19. The number of nitrogens with zero attached hydrogens (tertiary/aromatic N) is 3. The first-order valence-corrected chi connectivity index (χ1v) is 3.44. The van der Waals surface area contributed by atoms with Crippen molar-refractivity contribution < 1.29 is 0 Å². The van der Waals surface area contributed by atoms with Gasteiger partial charge in [0, 0.05) is 14.1 Å². The quantitative estimate of drug-likeness (QED) is 0.636. The van der Waals surface area contributed by atoms with Crippen LogP contribution in [0.15, 0.2) is 6.20 Å². The molecule has 1 aromatic rings. The summed E-state index contributed by atoms with van der Waals surface area (Å²) in [5, 5.41) is 0.211. The molecule has 0 aromatic carbocycles. The molecule has 0 amide bonds. The number of hydrogen-bond acceptors (Lipinski definition) is 4. The fraction of sp³-hybridized carbons (Fsp3) is 0.333. The lowest BCUT2D eigenvalue weighted by Gasteiger charge is -2.12. The number of nitrogens with two attached hydrogens (primary N) is 1. The molecule has 0 saturated heterocycles. The van der Waals surface area contributed by atoms with Gasteiger partial charge in [-0.2, -0.15) is 4.98 Å². The summed E-state index contributed by atoms with van der Waals surface area (Å²) >= 11 is 5.56. The molecule has 4 nitrogen and oxygen atoms in total. The van der Waals surface area contributed by atoms with Gasteiger partial charge in [-0.15, -0.1) is 0 Å². The smallest absolute Gasteiger partial charge is 0.224 e. The van der Waals surface area contributed by atoms with Crippen LogP contribution in [0.25, 0.3) is 0 Å². The van der Waals surface area contributed by atoms with Gasteiger partial charge in [0.2, 0.25) is 5.28 Å². The topological polar surface area (TPSA) is 55.0 Å². The van der Waals surface area contributed by atoms with E-state index in [2.05, 4.69) is 9.97 Å². The van der Waals surface area contributed by atoms with E-state index in [4.69, 9.17) is 17.3 Å². The van der Waals surface area contributed by atoms with Crippen LogP contribution in [0.3, 0.4) is 0 Å². The highest BCUT2D eigenvalue weighted by Crippen LogP contribution is 2.17. The molecule has 0 saturated carbocycles. The zero-order valence-electron chi connectivity index (χ0n) is 6.37. The molecule has 0 radical (unpaired) electrons. The first-order valence-electron chi connectivity index (χ1n) is 3.06. The summed E-state index contributed by atoms with van der Waals surface area (Å²) in [6, 6.07) is 0. The Kier molecular flexibility index (Phi) is 2.14. The van der Waals surface area contributed by atoms with Gasteiger partial charge in [-0.05, 0) is 11.6 Å². The molecule has 1 heterocycles. The Morgan fingerprint density at radius 2 is 2.18 bits per heavy atom. The third-order valence-corrected chi connectivity index (χ3v) is 1.37. The normalized spacial score (nSPS) is 9.73. The molecule has 1 aromatic heterocycles. The van der Waals surface area contributed by atoms with Crippen molar-refractivity contribution in [2.45, 2.75) is 0 Å². The van der Waals surface area contributed by atoms with Crippen LogP contribution in [-0.4, -0.2) is 24.1 Å². The van der Waals surface area contributed by atoms with E-state index in [9.17, 15) is 0 Å². The largest absolute Gasteiger partial charge is 0.394 e. The van der Waals surface area contributed by atoms with Gasteiger partial charge in [-0.3, -0.25) is 0 Å². The van der Waals surface area contributed by atoms with Crippen molar-refractivity contribution in [2.24, 2.45) is 0 Å². The second kappa shape index (κ2) is 2.92. The second-order valence-corrected chi connectivity index (χ2v) is 2.65. The van der Waals surface area contributed by atoms with Crippen LogP contribution < -0.4 is 10.6 Å². The van der Waals surface area contributed by atoms with E-state index in [0.29, 0.717) is 11.5 Å². The molecule has 60 valence electrons. The van der Waals surface area contributed by atoms with Crippen LogP contribution in [0.1, 0.15) is 0 Å². The molecule has 0 atom stereocenters. The van der Waals surface area contributed by atoms with E-state index in [0.717, 1.165) is 0 Å². The Balaban J connectivity index is 3.13. The number of nitrogen functional groups attached to an aromatic ring is 1. The lowest BCUT2D eigenvalue weighted by molar-refractivity contribution is 1.04. The monoisotopic (exact) mass is 172 g/mol. The van der Waals surface area contributed by atoms with Gasteiger partial charge in [-0.1, -0.05) is 0 Å². The van der Waals surface area contributed by atoms with Gasteiger partial charge in [0.1, 0.15) is 0 Å². The summed E-state index contributed by atoms with van der Waals surface area (Å²) in [4.78, 5) is 9.43. The van der Waals surface area contributed by atoms with Gasteiger partial charge in [-0.25, -0.2) is 4.98 Å². The van der Waals surface area contributed by atoms with Crippen molar-refractivity contribution in [3.8, 4) is 0 Å². The van der Waals surface area contributed by atoms with E-state index >= 15 is 0 Å². The Labute approximate surface area is 70.0 Å². The summed E-state index contributed by atoms with van der Waals surface area (Å²) in [6.07, 6.45) is 1.49. The Morgan fingerprint density at radius 3 is 2.64 bits per heavy atom. The van der Waals surface area contributed by atoms with Crippen LogP contribution in [0.4, 0.5) is 11.5 Å². The zero-order chi connectivity index (χ0) is 8.43. The summed E-state index contributed by atoms with van der Waals surface area (Å²) in [5.74, 6) is 0.644. The summed E-state index contributed by atoms with van der Waals surface area (Å²) < 4.78 is 0. The minimum absolute atomic E-state index is 0.211. The molecule has 0 spiro atoms.